The fraction of sp³-hybridized carbons (Fsp3) is 0.500. The van der Waals surface area contributed by atoms with Gasteiger partial charge in [-0.3, -0.25) is 4.79 Å². The highest BCUT2D eigenvalue weighted by Crippen LogP contribution is 2.23. The first-order chi connectivity index (χ1) is 9.88. The van der Waals surface area contributed by atoms with Crippen LogP contribution in [0.15, 0.2) is 29.2 Å². The molecule has 1 amide bonds. The first-order valence-electron chi connectivity index (χ1n) is 7.03. The van der Waals surface area contributed by atoms with Crippen LogP contribution in [-0.4, -0.2) is 20.4 Å². The van der Waals surface area contributed by atoms with Crippen molar-refractivity contribution in [1.82, 2.24) is 5.32 Å². The van der Waals surface area contributed by atoms with E-state index in [2.05, 4.69) is 5.32 Å². The van der Waals surface area contributed by atoms with Crippen molar-refractivity contribution in [3.8, 4) is 0 Å². The molecule has 1 fully saturated rings. The van der Waals surface area contributed by atoms with E-state index in [1.54, 1.807) is 12.1 Å². The predicted molar refractivity (Wildman–Crippen MR) is 79.6 cm³/mol. The van der Waals surface area contributed by atoms with Crippen molar-refractivity contribution in [2.24, 2.45) is 16.8 Å². The Kier molecular flexibility index (Phi) is 4.97. The molecule has 2 unspecified atom stereocenters. The molecule has 2 atom stereocenters. The standard InChI is InChI=1S/C14H21N3O3S/c15-13-7-2-1-6-12(13)14(18)17-9-10-4-3-5-11(8-10)21(16,19)20/h3-5,8,12-13H,1-2,6-7,9,15H2,(H,17,18)(H2,16,19,20). The summed E-state index contributed by atoms with van der Waals surface area (Å²) < 4.78 is 22.6. The second kappa shape index (κ2) is 6.55. The number of nitrogens with two attached hydrogens (primary N) is 2. The summed E-state index contributed by atoms with van der Waals surface area (Å²) in [5.74, 6) is -0.219. The Morgan fingerprint density at radius 3 is 2.67 bits per heavy atom. The molecule has 0 saturated heterocycles. The van der Waals surface area contributed by atoms with Crippen molar-refractivity contribution in [2.75, 3.05) is 0 Å². The normalized spacial score (nSPS) is 22.8. The summed E-state index contributed by atoms with van der Waals surface area (Å²) in [5.41, 5.74) is 6.67. The van der Waals surface area contributed by atoms with Crippen LogP contribution in [0.25, 0.3) is 0 Å². The van der Waals surface area contributed by atoms with Crippen LogP contribution >= 0.6 is 0 Å². The number of carbonyl (C=O) groups is 1. The molecule has 21 heavy (non-hydrogen) atoms. The van der Waals surface area contributed by atoms with Crippen LogP contribution < -0.4 is 16.2 Å². The SMILES string of the molecule is NC1CCCCC1C(=O)NCc1cccc(S(N)(=O)=O)c1. The van der Waals surface area contributed by atoms with Crippen LogP contribution in [0.4, 0.5) is 0 Å². The molecular weight excluding hydrogens is 290 g/mol. The van der Waals surface area contributed by atoms with E-state index in [0.717, 1.165) is 25.7 Å². The third kappa shape index (κ3) is 4.26. The van der Waals surface area contributed by atoms with Gasteiger partial charge >= 0.3 is 0 Å². The van der Waals surface area contributed by atoms with Gasteiger partial charge in [-0.05, 0) is 30.5 Å². The Morgan fingerprint density at radius 1 is 1.29 bits per heavy atom. The van der Waals surface area contributed by atoms with Gasteiger partial charge in [0, 0.05) is 12.6 Å². The molecule has 0 bridgehead atoms. The van der Waals surface area contributed by atoms with Crippen molar-refractivity contribution >= 4 is 15.9 Å². The van der Waals surface area contributed by atoms with Gasteiger partial charge < -0.3 is 11.1 Å². The van der Waals surface area contributed by atoms with Gasteiger partial charge in [-0.15, -0.1) is 0 Å². The third-order valence-electron chi connectivity index (χ3n) is 3.85. The van der Waals surface area contributed by atoms with Gasteiger partial charge in [0.25, 0.3) is 0 Å². The zero-order chi connectivity index (χ0) is 15.5. The van der Waals surface area contributed by atoms with Gasteiger partial charge in [-0.25, -0.2) is 13.6 Å². The van der Waals surface area contributed by atoms with E-state index in [4.69, 9.17) is 10.9 Å². The minimum Gasteiger partial charge on any atom is -0.352 e. The lowest BCUT2D eigenvalue weighted by Gasteiger charge is -2.27. The van der Waals surface area contributed by atoms with E-state index < -0.39 is 10.0 Å². The molecule has 116 valence electrons. The van der Waals surface area contributed by atoms with Gasteiger partial charge in [0.15, 0.2) is 0 Å². The Bertz CT molecular complexity index is 616. The number of carbonyl (C=O) groups excluding carboxylic acids is 1. The molecule has 2 rings (SSSR count). The number of benzene rings is 1. The molecule has 7 heteroatoms. The monoisotopic (exact) mass is 311 g/mol. The van der Waals surface area contributed by atoms with E-state index >= 15 is 0 Å². The second-order valence-corrected chi connectivity index (χ2v) is 7.03. The van der Waals surface area contributed by atoms with Crippen LogP contribution in [-0.2, 0) is 21.4 Å². The number of hydrogen-bond acceptors (Lipinski definition) is 4. The van der Waals surface area contributed by atoms with Crippen LogP contribution in [0.3, 0.4) is 0 Å². The Labute approximate surface area is 124 Å². The maximum atomic E-state index is 12.1. The summed E-state index contributed by atoms with van der Waals surface area (Å²) >= 11 is 0. The van der Waals surface area contributed by atoms with Gasteiger partial charge in [-0.1, -0.05) is 25.0 Å². The summed E-state index contributed by atoms with van der Waals surface area (Å²) in [6.07, 6.45) is 3.78. The molecule has 6 nitrogen and oxygen atoms in total. The summed E-state index contributed by atoms with van der Waals surface area (Å²) in [7, 11) is -3.73. The fourth-order valence-corrected chi connectivity index (χ4v) is 3.22. The largest absolute Gasteiger partial charge is 0.352 e. The van der Waals surface area contributed by atoms with E-state index in [1.807, 2.05) is 0 Å². The number of rotatable bonds is 4. The highest BCUT2D eigenvalue weighted by Gasteiger charge is 2.27. The lowest BCUT2D eigenvalue weighted by Crippen LogP contribution is -2.43. The average Bonchev–Trinajstić information content (AvgIpc) is 2.45. The lowest BCUT2D eigenvalue weighted by atomic mass is 9.84. The van der Waals surface area contributed by atoms with Crippen molar-refractivity contribution < 1.29 is 13.2 Å². The zero-order valence-electron chi connectivity index (χ0n) is 11.8. The van der Waals surface area contributed by atoms with Crippen molar-refractivity contribution in [2.45, 2.75) is 43.2 Å². The minimum atomic E-state index is -3.73. The van der Waals surface area contributed by atoms with E-state index in [-0.39, 0.29) is 29.3 Å². The van der Waals surface area contributed by atoms with Crippen molar-refractivity contribution in [3.05, 3.63) is 29.8 Å². The first kappa shape index (κ1) is 15.9. The van der Waals surface area contributed by atoms with Gasteiger partial charge in [0.2, 0.25) is 15.9 Å². The summed E-state index contributed by atoms with van der Waals surface area (Å²) in [6.45, 7) is 0.269. The second-order valence-electron chi connectivity index (χ2n) is 5.47. The van der Waals surface area contributed by atoms with E-state index in [1.165, 1.54) is 12.1 Å². The van der Waals surface area contributed by atoms with Crippen molar-refractivity contribution in [1.29, 1.82) is 0 Å². The summed E-state index contributed by atoms with van der Waals surface area (Å²) in [6, 6.07) is 6.16. The molecule has 5 N–H and O–H groups in total. The molecule has 0 aliphatic heterocycles. The van der Waals surface area contributed by atoms with Crippen LogP contribution in [0.1, 0.15) is 31.2 Å². The highest BCUT2D eigenvalue weighted by molar-refractivity contribution is 7.89. The third-order valence-corrected chi connectivity index (χ3v) is 4.76. The first-order valence-corrected chi connectivity index (χ1v) is 8.57. The number of nitrogens with one attached hydrogen (secondary N) is 1. The van der Waals surface area contributed by atoms with Gasteiger partial charge in [0.05, 0.1) is 10.8 Å². The number of hydrogen-bond donors (Lipinski definition) is 3. The van der Waals surface area contributed by atoms with E-state index in [9.17, 15) is 13.2 Å². The molecule has 1 saturated carbocycles. The van der Waals surface area contributed by atoms with Crippen LogP contribution in [0, 0.1) is 5.92 Å². The molecule has 1 aromatic rings. The van der Waals surface area contributed by atoms with Crippen molar-refractivity contribution in [3.63, 3.8) is 0 Å². The molecule has 1 aliphatic carbocycles. The average molecular weight is 311 g/mol. The maximum Gasteiger partial charge on any atom is 0.238 e. The topological polar surface area (TPSA) is 115 Å². The molecular formula is C14H21N3O3S. The molecule has 0 heterocycles. The van der Waals surface area contributed by atoms with Crippen LogP contribution in [0.5, 0.6) is 0 Å². The lowest BCUT2D eigenvalue weighted by molar-refractivity contribution is -0.126. The molecule has 0 spiro atoms. The number of primary sulfonamides is 1. The van der Waals surface area contributed by atoms with E-state index in [0.29, 0.717) is 5.56 Å². The quantitative estimate of drug-likeness (QED) is 0.749. The Hall–Kier alpha value is -1.44. The Balaban J connectivity index is 1.98. The molecule has 0 aromatic heterocycles. The van der Waals surface area contributed by atoms with Crippen LogP contribution in [0.2, 0.25) is 0 Å². The predicted octanol–water partition coefficient (Wildman–Crippen LogP) is 0.468. The minimum absolute atomic E-state index is 0.0450. The Morgan fingerprint density at radius 2 is 2.00 bits per heavy atom. The fourth-order valence-electron chi connectivity index (χ4n) is 2.64. The highest BCUT2D eigenvalue weighted by atomic mass is 32.2. The molecule has 0 radical (unpaired) electrons. The molecule has 1 aromatic carbocycles. The summed E-state index contributed by atoms with van der Waals surface area (Å²) in [4.78, 5) is 12.2. The zero-order valence-corrected chi connectivity index (χ0v) is 12.6. The number of sulfonamides is 1. The van der Waals surface area contributed by atoms with Gasteiger partial charge in [0.1, 0.15) is 0 Å². The molecule has 1 aliphatic rings. The maximum absolute atomic E-state index is 12.1. The summed E-state index contributed by atoms with van der Waals surface area (Å²) in [5, 5.41) is 7.91. The van der Waals surface area contributed by atoms with Gasteiger partial charge in [-0.2, -0.15) is 0 Å². The number of amides is 1. The smallest absolute Gasteiger partial charge is 0.238 e.